The van der Waals surface area contributed by atoms with Crippen LogP contribution in [-0.4, -0.2) is 47.8 Å². The molecule has 0 spiro atoms. The van der Waals surface area contributed by atoms with E-state index in [0.29, 0.717) is 24.7 Å². The molecule has 4 nitrogen and oxygen atoms in total. The minimum atomic E-state index is -0.694. The topological polar surface area (TPSA) is 49.8 Å². The fourth-order valence-electron chi connectivity index (χ4n) is 2.98. The van der Waals surface area contributed by atoms with Gasteiger partial charge < -0.3 is 9.84 Å². The number of hydrogen-bond donors (Lipinski definition) is 1. The highest BCUT2D eigenvalue weighted by molar-refractivity contribution is 5.66. The highest BCUT2D eigenvalue weighted by atomic mass is 16.5. The zero-order valence-electron chi connectivity index (χ0n) is 10.6. The van der Waals surface area contributed by atoms with E-state index in [1.54, 1.807) is 7.11 Å². The van der Waals surface area contributed by atoms with Gasteiger partial charge in [-0.25, -0.2) is 0 Å². The van der Waals surface area contributed by atoms with Crippen LogP contribution in [0.25, 0.3) is 0 Å². The molecular weight excluding hydrogens is 218 g/mol. The molecule has 4 heteroatoms. The number of ether oxygens (including phenoxy) is 1. The molecule has 98 valence electrons. The fraction of sp³-hybridized carbons (Fsp3) is 0.923. The quantitative estimate of drug-likeness (QED) is 0.771. The monoisotopic (exact) mass is 241 g/mol. The second-order valence-electron chi connectivity index (χ2n) is 5.24. The average molecular weight is 241 g/mol. The van der Waals surface area contributed by atoms with Gasteiger partial charge in [-0.1, -0.05) is 12.8 Å². The molecule has 0 aromatic heterocycles. The lowest BCUT2D eigenvalue weighted by Crippen LogP contribution is -2.48. The number of carbonyl (C=O) groups is 1. The van der Waals surface area contributed by atoms with Crippen LogP contribution in [0.5, 0.6) is 0 Å². The molecule has 0 heterocycles. The molecule has 2 rings (SSSR count). The Kier molecular flexibility index (Phi) is 4.40. The second kappa shape index (κ2) is 5.83. The van der Waals surface area contributed by atoms with Gasteiger partial charge in [0.1, 0.15) is 0 Å². The van der Waals surface area contributed by atoms with Crippen molar-refractivity contribution in [3.05, 3.63) is 0 Å². The number of methoxy groups -OCH3 is 1. The van der Waals surface area contributed by atoms with Gasteiger partial charge in [0.15, 0.2) is 0 Å². The summed E-state index contributed by atoms with van der Waals surface area (Å²) in [5.74, 6) is -0.694. The minimum Gasteiger partial charge on any atom is -0.481 e. The van der Waals surface area contributed by atoms with Crippen LogP contribution in [0.15, 0.2) is 0 Å². The fourth-order valence-corrected chi connectivity index (χ4v) is 2.98. The molecule has 0 aromatic carbocycles. The van der Waals surface area contributed by atoms with E-state index in [1.165, 1.54) is 25.7 Å². The van der Waals surface area contributed by atoms with Crippen molar-refractivity contribution in [1.82, 2.24) is 4.90 Å². The van der Waals surface area contributed by atoms with Crippen LogP contribution in [-0.2, 0) is 9.53 Å². The summed E-state index contributed by atoms with van der Waals surface area (Å²) in [5, 5.41) is 8.83. The summed E-state index contributed by atoms with van der Waals surface area (Å²) in [4.78, 5) is 13.1. The first kappa shape index (κ1) is 12.8. The number of aliphatic carboxylic acids is 1. The van der Waals surface area contributed by atoms with Crippen molar-refractivity contribution in [1.29, 1.82) is 0 Å². The largest absolute Gasteiger partial charge is 0.481 e. The van der Waals surface area contributed by atoms with Gasteiger partial charge in [0.2, 0.25) is 0 Å². The molecule has 2 fully saturated rings. The first-order chi connectivity index (χ1) is 8.22. The van der Waals surface area contributed by atoms with Crippen LogP contribution in [0.3, 0.4) is 0 Å². The van der Waals surface area contributed by atoms with Crippen LogP contribution in [0.1, 0.15) is 44.9 Å². The highest BCUT2D eigenvalue weighted by Crippen LogP contribution is 2.34. The van der Waals surface area contributed by atoms with Crippen molar-refractivity contribution in [2.45, 2.75) is 63.1 Å². The molecule has 2 unspecified atom stereocenters. The molecule has 2 saturated carbocycles. The standard InChI is InChI=1S/C13H23NO3/c1-17-12-5-3-2-4-11(12)14(10-6-7-10)9-8-13(15)16/h10-12H,2-9H2,1H3,(H,15,16). The van der Waals surface area contributed by atoms with Gasteiger partial charge in [-0.2, -0.15) is 0 Å². The molecule has 0 aliphatic heterocycles. The maximum absolute atomic E-state index is 10.7. The lowest BCUT2D eigenvalue weighted by molar-refractivity contribution is -0.137. The Morgan fingerprint density at radius 3 is 2.59 bits per heavy atom. The van der Waals surface area contributed by atoms with Crippen molar-refractivity contribution in [2.75, 3.05) is 13.7 Å². The van der Waals surface area contributed by atoms with E-state index >= 15 is 0 Å². The lowest BCUT2D eigenvalue weighted by Gasteiger charge is -2.39. The number of carboxylic acid groups (broad SMARTS) is 1. The van der Waals surface area contributed by atoms with Crippen LogP contribution < -0.4 is 0 Å². The van der Waals surface area contributed by atoms with Gasteiger partial charge in [0.25, 0.3) is 0 Å². The Hall–Kier alpha value is -0.610. The molecule has 2 aliphatic rings. The predicted octanol–water partition coefficient (Wildman–Crippen LogP) is 1.88. The van der Waals surface area contributed by atoms with E-state index in [9.17, 15) is 4.79 Å². The predicted molar refractivity (Wildman–Crippen MR) is 65.0 cm³/mol. The second-order valence-corrected chi connectivity index (χ2v) is 5.24. The molecular formula is C13H23NO3. The summed E-state index contributed by atoms with van der Waals surface area (Å²) in [6.07, 6.45) is 7.79. The Bertz CT molecular complexity index is 265. The Balaban J connectivity index is 1.95. The SMILES string of the molecule is COC1CCCCC1N(CCC(=O)O)C1CC1. The van der Waals surface area contributed by atoms with Crippen molar-refractivity contribution < 1.29 is 14.6 Å². The van der Waals surface area contributed by atoms with Crippen LogP contribution in [0.2, 0.25) is 0 Å². The Labute approximate surface area is 103 Å². The minimum absolute atomic E-state index is 0.253. The molecule has 2 aliphatic carbocycles. The van der Waals surface area contributed by atoms with E-state index < -0.39 is 5.97 Å². The van der Waals surface area contributed by atoms with Crippen molar-refractivity contribution in [3.8, 4) is 0 Å². The van der Waals surface area contributed by atoms with Crippen molar-refractivity contribution >= 4 is 5.97 Å². The van der Waals surface area contributed by atoms with E-state index in [1.807, 2.05) is 0 Å². The van der Waals surface area contributed by atoms with E-state index in [4.69, 9.17) is 9.84 Å². The number of hydrogen-bond acceptors (Lipinski definition) is 3. The van der Waals surface area contributed by atoms with Crippen molar-refractivity contribution in [2.24, 2.45) is 0 Å². The summed E-state index contributed by atoms with van der Waals surface area (Å²) in [6, 6.07) is 1.07. The summed E-state index contributed by atoms with van der Waals surface area (Å²) < 4.78 is 5.58. The van der Waals surface area contributed by atoms with Gasteiger partial charge in [-0.3, -0.25) is 9.69 Å². The summed E-state index contributed by atoms with van der Waals surface area (Å²) in [5.41, 5.74) is 0. The van der Waals surface area contributed by atoms with Gasteiger partial charge in [-0.15, -0.1) is 0 Å². The number of carboxylic acids is 1. The smallest absolute Gasteiger partial charge is 0.304 e. The Morgan fingerprint density at radius 1 is 1.29 bits per heavy atom. The first-order valence-electron chi connectivity index (χ1n) is 6.72. The Morgan fingerprint density at radius 2 is 2.00 bits per heavy atom. The summed E-state index contributed by atoms with van der Waals surface area (Å²) in [6.45, 7) is 0.685. The van der Waals surface area contributed by atoms with Crippen LogP contribution in [0, 0.1) is 0 Å². The molecule has 0 aromatic rings. The zero-order chi connectivity index (χ0) is 12.3. The molecule has 1 N–H and O–H groups in total. The van der Waals surface area contributed by atoms with Crippen LogP contribution in [0.4, 0.5) is 0 Å². The third-order valence-electron chi connectivity index (χ3n) is 4.00. The van der Waals surface area contributed by atoms with Crippen LogP contribution >= 0.6 is 0 Å². The van der Waals surface area contributed by atoms with E-state index in [-0.39, 0.29) is 6.42 Å². The maximum atomic E-state index is 10.7. The first-order valence-corrected chi connectivity index (χ1v) is 6.72. The van der Waals surface area contributed by atoms with E-state index in [0.717, 1.165) is 12.8 Å². The van der Waals surface area contributed by atoms with E-state index in [2.05, 4.69) is 4.90 Å². The van der Waals surface area contributed by atoms with Gasteiger partial charge in [0.05, 0.1) is 12.5 Å². The average Bonchev–Trinajstić information content (AvgIpc) is 3.14. The normalized spacial score (nSPS) is 29.5. The lowest BCUT2D eigenvalue weighted by atomic mass is 9.91. The molecule has 0 radical (unpaired) electrons. The van der Waals surface area contributed by atoms with Gasteiger partial charge >= 0.3 is 5.97 Å². The van der Waals surface area contributed by atoms with Gasteiger partial charge in [0, 0.05) is 25.7 Å². The molecule has 17 heavy (non-hydrogen) atoms. The number of rotatable bonds is 6. The van der Waals surface area contributed by atoms with Crippen molar-refractivity contribution in [3.63, 3.8) is 0 Å². The van der Waals surface area contributed by atoms with Gasteiger partial charge in [-0.05, 0) is 25.7 Å². The third-order valence-corrected chi connectivity index (χ3v) is 4.00. The molecule has 0 bridgehead atoms. The molecule has 0 amide bonds. The summed E-state index contributed by atoms with van der Waals surface area (Å²) in [7, 11) is 1.78. The zero-order valence-corrected chi connectivity index (χ0v) is 10.6. The highest BCUT2D eigenvalue weighted by Gasteiger charge is 2.38. The molecule has 2 atom stereocenters. The maximum Gasteiger partial charge on any atom is 0.304 e. The summed E-state index contributed by atoms with van der Waals surface area (Å²) >= 11 is 0. The molecule has 0 saturated heterocycles. The number of nitrogens with zero attached hydrogens (tertiary/aromatic N) is 1. The third kappa shape index (κ3) is 3.42.